The normalized spacial score (nSPS) is 10.5. The smallest absolute Gasteiger partial charge is 0.255 e. The van der Waals surface area contributed by atoms with Crippen molar-refractivity contribution in [2.24, 2.45) is 0 Å². The van der Waals surface area contributed by atoms with Gasteiger partial charge in [-0.3, -0.25) is 14.2 Å². The Morgan fingerprint density at radius 2 is 2.00 bits per heavy atom. The van der Waals surface area contributed by atoms with Gasteiger partial charge < -0.3 is 15.7 Å². The van der Waals surface area contributed by atoms with Crippen LogP contribution in [0, 0.1) is 6.92 Å². The van der Waals surface area contributed by atoms with E-state index in [1.807, 2.05) is 19.1 Å². The lowest BCUT2D eigenvalue weighted by molar-refractivity contribution is -0.121. The lowest BCUT2D eigenvalue weighted by Crippen LogP contribution is -2.30. The van der Waals surface area contributed by atoms with Crippen LogP contribution in [-0.4, -0.2) is 38.0 Å². The van der Waals surface area contributed by atoms with Crippen molar-refractivity contribution in [3.63, 3.8) is 0 Å². The Hall–Kier alpha value is -3.68. The van der Waals surface area contributed by atoms with Crippen molar-refractivity contribution in [1.29, 1.82) is 0 Å². The third kappa shape index (κ3) is 4.94. The number of carbonyl (C=O) groups is 2. The maximum Gasteiger partial charge on any atom is 0.255 e. The molecule has 0 spiro atoms. The number of amides is 2. The first-order valence-corrected chi connectivity index (χ1v) is 8.81. The summed E-state index contributed by atoms with van der Waals surface area (Å²) in [6, 6.07) is 8.51. The topological polar surface area (TPSA) is 109 Å². The average Bonchev–Trinajstić information content (AvgIpc) is 3.21. The Morgan fingerprint density at radius 1 is 1.14 bits per heavy atom. The van der Waals surface area contributed by atoms with E-state index in [4.69, 9.17) is 0 Å². The lowest BCUT2D eigenvalue weighted by Gasteiger charge is -2.09. The number of carbonyl (C=O) groups excluding carboxylic acids is 2. The molecular formula is C20H21N5O3. The molecule has 8 nitrogen and oxygen atoms in total. The number of nitrogens with one attached hydrogen (secondary N) is 2. The summed E-state index contributed by atoms with van der Waals surface area (Å²) in [7, 11) is 0. The van der Waals surface area contributed by atoms with Crippen LogP contribution in [-0.2, 0) is 11.3 Å². The van der Waals surface area contributed by atoms with Gasteiger partial charge in [-0.25, -0.2) is 9.97 Å². The number of pyridine rings is 1. The van der Waals surface area contributed by atoms with Crippen molar-refractivity contribution < 1.29 is 14.7 Å². The van der Waals surface area contributed by atoms with Crippen LogP contribution in [0.25, 0.3) is 5.82 Å². The van der Waals surface area contributed by atoms with Gasteiger partial charge in [0.15, 0.2) is 0 Å². The van der Waals surface area contributed by atoms with E-state index >= 15 is 0 Å². The van der Waals surface area contributed by atoms with Crippen LogP contribution < -0.4 is 10.6 Å². The largest absolute Gasteiger partial charge is 0.507 e. The van der Waals surface area contributed by atoms with Crippen LogP contribution in [0.5, 0.6) is 5.75 Å². The summed E-state index contributed by atoms with van der Waals surface area (Å²) in [5, 5.41) is 15.3. The average molecular weight is 379 g/mol. The molecule has 0 aliphatic rings. The third-order valence-electron chi connectivity index (χ3n) is 4.10. The van der Waals surface area contributed by atoms with Crippen LogP contribution in [0.1, 0.15) is 27.9 Å². The molecule has 2 amide bonds. The SMILES string of the molecule is Cc1ccc(C(=O)NCCC(=O)NCc2ccnc(-n3ccnc3)c2)c(O)c1. The molecule has 3 N–H and O–H groups in total. The highest BCUT2D eigenvalue weighted by molar-refractivity contribution is 5.97. The summed E-state index contributed by atoms with van der Waals surface area (Å²) >= 11 is 0. The molecule has 144 valence electrons. The van der Waals surface area contributed by atoms with Crippen LogP contribution in [0.3, 0.4) is 0 Å². The second kappa shape index (κ2) is 8.81. The number of aromatic nitrogens is 3. The van der Waals surface area contributed by atoms with E-state index in [1.54, 1.807) is 41.6 Å². The van der Waals surface area contributed by atoms with Crippen LogP contribution in [0.2, 0.25) is 0 Å². The molecule has 0 fully saturated rings. The highest BCUT2D eigenvalue weighted by Gasteiger charge is 2.11. The van der Waals surface area contributed by atoms with E-state index in [1.165, 1.54) is 6.07 Å². The van der Waals surface area contributed by atoms with Crippen molar-refractivity contribution in [3.05, 3.63) is 71.9 Å². The quantitative estimate of drug-likeness (QED) is 0.579. The Kier molecular flexibility index (Phi) is 6.01. The first-order valence-electron chi connectivity index (χ1n) is 8.81. The first-order chi connectivity index (χ1) is 13.5. The van der Waals surface area contributed by atoms with E-state index in [2.05, 4.69) is 20.6 Å². The van der Waals surface area contributed by atoms with Crippen molar-refractivity contribution >= 4 is 11.8 Å². The van der Waals surface area contributed by atoms with Gasteiger partial charge in [-0.05, 0) is 42.3 Å². The summed E-state index contributed by atoms with van der Waals surface area (Å²) in [6.45, 7) is 2.36. The number of hydrogen-bond donors (Lipinski definition) is 3. The van der Waals surface area contributed by atoms with E-state index in [0.29, 0.717) is 6.54 Å². The number of aryl methyl sites for hydroxylation is 1. The van der Waals surface area contributed by atoms with Gasteiger partial charge in [-0.1, -0.05) is 6.07 Å². The molecule has 0 aliphatic carbocycles. The van der Waals surface area contributed by atoms with Gasteiger partial charge >= 0.3 is 0 Å². The minimum absolute atomic E-state index is 0.0756. The van der Waals surface area contributed by atoms with E-state index in [9.17, 15) is 14.7 Å². The minimum atomic E-state index is -0.413. The zero-order chi connectivity index (χ0) is 19.9. The fourth-order valence-electron chi connectivity index (χ4n) is 2.61. The predicted octanol–water partition coefficient (Wildman–Crippen LogP) is 1.72. The number of benzene rings is 1. The van der Waals surface area contributed by atoms with Gasteiger partial charge in [0, 0.05) is 38.1 Å². The summed E-state index contributed by atoms with van der Waals surface area (Å²) in [6.07, 6.45) is 6.92. The first kappa shape index (κ1) is 19.1. The van der Waals surface area contributed by atoms with Gasteiger partial charge in [0.1, 0.15) is 17.9 Å². The highest BCUT2D eigenvalue weighted by atomic mass is 16.3. The van der Waals surface area contributed by atoms with Crippen molar-refractivity contribution in [2.75, 3.05) is 6.54 Å². The molecule has 0 saturated carbocycles. The number of hydrogen-bond acceptors (Lipinski definition) is 5. The van der Waals surface area contributed by atoms with Crippen LogP contribution in [0.4, 0.5) is 0 Å². The Labute approximate surface area is 162 Å². The molecular weight excluding hydrogens is 358 g/mol. The molecule has 0 saturated heterocycles. The highest BCUT2D eigenvalue weighted by Crippen LogP contribution is 2.18. The zero-order valence-corrected chi connectivity index (χ0v) is 15.4. The molecule has 0 bridgehead atoms. The maximum absolute atomic E-state index is 12.1. The van der Waals surface area contributed by atoms with Gasteiger partial charge in [-0.15, -0.1) is 0 Å². The Balaban J connectivity index is 1.45. The van der Waals surface area contributed by atoms with E-state index < -0.39 is 5.91 Å². The molecule has 0 radical (unpaired) electrons. The van der Waals surface area contributed by atoms with Crippen molar-refractivity contribution in [1.82, 2.24) is 25.2 Å². The van der Waals surface area contributed by atoms with Crippen molar-refractivity contribution in [3.8, 4) is 11.6 Å². The minimum Gasteiger partial charge on any atom is -0.507 e. The molecule has 2 aromatic heterocycles. The van der Waals surface area contributed by atoms with E-state index in [-0.39, 0.29) is 30.2 Å². The maximum atomic E-state index is 12.1. The molecule has 0 aliphatic heterocycles. The monoisotopic (exact) mass is 379 g/mol. The summed E-state index contributed by atoms with van der Waals surface area (Å²) in [5.74, 6) is 0.0431. The number of imidazole rings is 1. The van der Waals surface area contributed by atoms with Crippen LogP contribution in [0.15, 0.2) is 55.2 Å². The third-order valence-corrected chi connectivity index (χ3v) is 4.10. The molecule has 28 heavy (non-hydrogen) atoms. The lowest BCUT2D eigenvalue weighted by atomic mass is 10.1. The molecule has 3 aromatic rings. The molecule has 1 aromatic carbocycles. The molecule has 0 atom stereocenters. The fraction of sp³-hybridized carbons (Fsp3) is 0.200. The summed E-state index contributed by atoms with van der Waals surface area (Å²) in [5.41, 5.74) is 1.95. The summed E-state index contributed by atoms with van der Waals surface area (Å²) in [4.78, 5) is 32.3. The molecule has 3 rings (SSSR count). The second-order valence-electron chi connectivity index (χ2n) is 6.30. The zero-order valence-electron chi connectivity index (χ0n) is 15.4. The predicted molar refractivity (Wildman–Crippen MR) is 103 cm³/mol. The van der Waals surface area contributed by atoms with Gasteiger partial charge in [-0.2, -0.15) is 0 Å². The molecule has 8 heteroatoms. The number of phenolic OH excluding ortho intramolecular Hbond substituents is 1. The van der Waals surface area contributed by atoms with Gasteiger partial charge in [0.05, 0.1) is 5.56 Å². The fourth-order valence-corrected chi connectivity index (χ4v) is 2.61. The second-order valence-corrected chi connectivity index (χ2v) is 6.30. The Bertz CT molecular complexity index is 970. The van der Waals surface area contributed by atoms with Crippen molar-refractivity contribution in [2.45, 2.75) is 19.9 Å². The van der Waals surface area contributed by atoms with Gasteiger partial charge in [0.25, 0.3) is 5.91 Å². The van der Waals surface area contributed by atoms with E-state index in [0.717, 1.165) is 16.9 Å². The standard InChI is InChI=1S/C20H21N5O3/c1-14-2-3-16(17(26)10-14)20(28)23-7-5-19(27)24-12-15-4-6-22-18(11-15)25-9-8-21-13-25/h2-4,6,8-11,13,26H,5,7,12H2,1H3,(H,23,28)(H,24,27). The van der Waals surface area contributed by atoms with Crippen LogP contribution >= 0.6 is 0 Å². The molecule has 2 heterocycles. The Morgan fingerprint density at radius 3 is 2.75 bits per heavy atom. The number of nitrogens with zero attached hydrogens (tertiary/aromatic N) is 3. The summed E-state index contributed by atoms with van der Waals surface area (Å²) < 4.78 is 1.78. The number of rotatable bonds is 7. The number of phenols is 1. The van der Waals surface area contributed by atoms with Gasteiger partial charge in [0.2, 0.25) is 5.91 Å². The molecule has 0 unspecified atom stereocenters. The number of aromatic hydroxyl groups is 1.